The van der Waals surface area contributed by atoms with Crippen molar-refractivity contribution < 1.29 is 4.52 Å². The molecule has 1 aromatic rings. The lowest BCUT2D eigenvalue weighted by atomic mass is 10.1. The average Bonchev–Trinajstić information content (AvgIpc) is 3.04. The van der Waals surface area contributed by atoms with Crippen molar-refractivity contribution in [2.24, 2.45) is 5.73 Å². The van der Waals surface area contributed by atoms with Crippen LogP contribution in [0.2, 0.25) is 0 Å². The first-order valence-corrected chi connectivity index (χ1v) is 7.98. The van der Waals surface area contributed by atoms with Gasteiger partial charge in [-0.25, -0.2) is 0 Å². The molecule has 0 aromatic carbocycles. The van der Waals surface area contributed by atoms with Crippen LogP contribution in [0.1, 0.15) is 63.1 Å². The van der Waals surface area contributed by atoms with Crippen LogP contribution in [0.3, 0.4) is 0 Å². The van der Waals surface area contributed by atoms with Gasteiger partial charge in [0.2, 0.25) is 5.89 Å². The van der Waals surface area contributed by atoms with Crippen LogP contribution in [-0.4, -0.2) is 21.9 Å². The number of thioether (sulfide) groups is 1. The highest BCUT2D eigenvalue weighted by Gasteiger charge is 2.18. The number of rotatable bonds is 7. The van der Waals surface area contributed by atoms with Gasteiger partial charge in [-0.05, 0) is 32.2 Å². The van der Waals surface area contributed by atoms with Crippen LogP contribution in [0.4, 0.5) is 0 Å². The predicted molar refractivity (Wildman–Crippen MR) is 74.6 cm³/mol. The van der Waals surface area contributed by atoms with Crippen LogP contribution in [0.25, 0.3) is 0 Å². The van der Waals surface area contributed by atoms with Gasteiger partial charge in [0.15, 0.2) is 5.82 Å². The van der Waals surface area contributed by atoms with Crippen LogP contribution in [0.15, 0.2) is 4.52 Å². The molecule has 0 radical (unpaired) electrons. The normalized spacial score (nSPS) is 18.3. The molecule has 1 fully saturated rings. The zero-order valence-corrected chi connectivity index (χ0v) is 11.9. The summed E-state index contributed by atoms with van der Waals surface area (Å²) in [5.74, 6) is 2.83. The second-order valence-electron chi connectivity index (χ2n) is 5.10. The van der Waals surface area contributed by atoms with Crippen molar-refractivity contribution >= 4 is 11.8 Å². The van der Waals surface area contributed by atoms with Gasteiger partial charge in [-0.2, -0.15) is 16.7 Å². The third-order valence-electron chi connectivity index (χ3n) is 3.50. The number of hydrogen-bond donors (Lipinski definition) is 1. The Balaban J connectivity index is 1.77. The molecule has 2 N–H and O–H groups in total. The van der Waals surface area contributed by atoms with E-state index in [1.807, 2.05) is 11.8 Å². The van der Waals surface area contributed by atoms with Crippen molar-refractivity contribution in [2.45, 2.75) is 62.4 Å². The molecule has 4 nitrogen and oxygen atoms in total. The lowest BCUT2D eigenvalue weighted by Gasteiger charge is -2.05. The van der Waals surface area contributed by atoms with E-state index in [1.165, 1.54) is 25.7 Å². The van der Waals surface area contributed by atoms with E-state index in [0.717, 1.165) is 42.1 Å². The minimum absolute atomic E-state index is 0.325. The summed E-state index contributed by atoms with van der Waals surface area (Å²) in [4.78, 5) is 4.48. The Kier molecular flexibility index (Phi) is 5.50. The molecule has 1 saturated carbocycles. The summed E-state index contributed by atoms with van der Waals surface area (Å²) in [5.41, 5.74) is 5.51. The first-order chi connectivity index (χ1) is 8.79. The summed E-state index contributed by atoms with van der Waals surface area (Å²) in [7, 11) is 0. The number of nitrogens with zero attached hydrogens (tertiary/aromatic N) is 2. The molecule has 1 atom stereocenters. The zero-order valence-electron chi connectivity index (χ0n) is 11.1. The molecule has 0 spiro atoms. The molecule has 5 heteroatoms. The molecular weight excluding hydrogens is 246 g/mol. The zero-order chi connectivity index (χ0) is 12.8. The minimum atomic E-state index is 0.325. The molecule has 1 unspecified atom stereocenters. The smallest absolute Gasteiger partial charge is 0.229 e. The van der Waals surface area contributed by atoms with Crippen molar-refractivity contribution in [1.82, 2.24) is 10.1 Å². The summed E-state index contributed by atoms with van der Waals surface area (Å²) in [6, 6.07) is 0. The number of hydrogen-bond acceptors (Lipinski definition) is 5. The summed E-state index contributed by atoms with van der Waals surface area (Å²) in [5, 5.41) is 4.88. The van der Waals surface area contributed by atoms with Crippen molar-refractivity contribution in [3.63, 3.8) is 0 Å². The first-order valence-electron chi connectivity index (χ1n) is 6.93. The van der Waals surface area contributed by atoms with E-state index >= 15 is 0 Å². The van der Waals surface area contributed by atoms with Crippen molar-refractivity contribution in [3.05, 3.63) is 11.7 Å². The molecule has 2 rings (SSSR count). The molecule has 1 aromatic heterocycles. The molecular formula is C13H23N3OS. The standard InChI is InChI=1S/C13H23N3OS/c1-10(5-4-8-14)13-15-12(16-17-13)9-18-11-6-2-3-7-11/h10-11H,2-9,14H2,1H3. The second kappa shape index (κ2) is 7.14. The highest BCUT2D eigenvalue weighted by atomic mass is 32.2. The Morgan fingerprint density at radius 3 is 2.94 bits per heavy atom. The lowest BCUT2D eigenvalue weighted by Crippen LogP contribution is -2.02. The van der Waals surface area contributed by atoms with E-state index in [9.17, 15) is 0 Å². The molecule has 1 aliphatic carbocycles. The van der Waals surface area contributed by atoms with Gasteiger partial charge < -0.3 is 10.3 Å². The first kappa shape index (κ1) is 13.9. The third kappa shape index (κ3) is 3.99. The van der Waals surface area contributed by atoms with Crippen molar-refractivity contribution in [2.75, 3.05) is 6.54 Å². The van der Waals surface area contributed by atoms with Gasteiger partial charge in [0.05, 0.1) is 5.75 Å². The van der Waals surface area contributed by atoms with E-state index < -0.39 is 0 Å². The van der Waals surface area contributed by atoms with Gasteiger partial charge in [-0.15, -0.1) is 0 Å². The Morgan fingerprint density at radius 1 is 1.44 bits per heavy atom. The van der Waals surface area contributed by atoms with E-state index in [1.54, 1.807) is 0 Å². The SMILES string of the molecule is CC(CCCN)c1nc(CSC2CCCC2)no1. The maximum atomic E-state index is 5.51. The number of aromatic nitrogens is 2. The second-order valence-corrected chi connectivity index (χ2v) is 6.39. The molecule has 0 saturated heterocycles. The Morgan fingerprint density at radius 2 is 2.22 bits per heavy atom. The van der Waals surface area contributed by atoms with Crippen LogP contribution in [0.5, 0.6) is 0 Å². The van der Waals surface area contributed by atoms with Gasteiger partial charge in [0, 0.05) is 11.2 Å². The lowest BCUT2D eigenvalue weighted by molar-refractivity contribution is 0.349. The molecule has 1 heterocycles. The largest absolute Gasteiger partial charge is 0.339 e. The number of nitrogens with two attached hydrogens (primary N) is 1. The fraction of sp³-hybridized carbons (Fsp3) is 0.846. The summed E-state index contributed by atoms with van der Waals surface area (Å²) in [6.07, 6.45) is 7.49. The van der Waals surface area contributed by atoms with Gasteiger partial charge >= 0.3 is 0 Å². The quantitative estimate of drug-likeness (QED) is 0.824. The topological polar surface area (TPSA) is 64.9 Å². The molecule has 0 aliphatic heterocycles. The van der Waals surface area contributed by atoms with Gasteiger partial charge in [0.25, 0.3) is 0 Å². The predicted octanol–water partition coefficient (Wildman–Crippen LogP) is 3.09. The highest BCUT2D eigenvalue weighted by molar-refractivity contribution is 7.99. The maximum absolute atomic E-state index is 5.51. The summed E-state index contributed by atoms with van der Waals surface area (Å²) < 4.78 is 5.32. The monoisotopic (exact) mass is 269 g/mol. The Bertz CT molecular complexity index is 350. The minimum Gasteiger partial charge on any atom is -0.339 e. The molecule has 0 bridgehead atoms. The fourth-order valence-electron chi connectivity index (χ4n) is 2.32. The molecule has 102 valence electrons. The Hall–Kier alpha value is -0.550. The average molecular weight is 269 g/mol. The summed E-state index contributed by atoms with van der Waals surface area (Å²) in [6.45, 7) is 2.85. The van der Waals surface area contributed by atoms with Crippen LogP contribution >= 0.6 is 11.8 Å². The highest BCUT2D eigenvalue weighted by Crippen LogP contribution is 2.31. The van der Waals surface area contributed by atoms with Gasteiger partial charge in [0.1, 0.15) is 0 Å². The molecule has 18 heavy (non-hydrogen) atoms. The van der Waals surface area contributed by atoms with E-state index in [4.69, 9.17) is 10.3 Å². The van der Waals surface area contributed by atoms with Crippen LogP contribution < -0.4 is 5.73 Å². The van der Waals surface area contributed by atoms with E-state index in [-0.39, 0.29) is 0 Å². The van der Waals surface area contributed by atoms with E-state index in [0.29, 0.717) is 5.92 Å². The van der Waals surface area contributed by atoms with Crippen LogP contribution in [0, 0.1) is 0 Å². The van der Waals surface area contributed by atoms with Crippen molar-refractivity contribution in [1.29, 1.82) is 0 Å². The summed E-state index contributed by atoms with van der Waals surface area (Å²) >= 11 is 1.98. The van der Waals surface area contributed by atoms with Gasteiger partial charge in [-0.3, -0.25) is 0 Å². The van der Waals surface area contributed by atoms with Crippen molar-refractivity contribution in [3.8, 4) is 0 Å². The van der Waals surface area contributed by atoms with E-state index in [2.05, 4.69) is 17.1 Å². The molecule has 0 amide bonds. The fourth-order valence-corrected chi connectivity index (χ4v) is 3.49. The van der Waals surface area contributed by atoms with Crippen LogP contribution in [-0.2, 0) is 5.75 Å². The third-order valence-corrected chi connectivity index (χ3v) is 4.86. The Labute approximate surface area is 113 Å². The van der Waals surface area contributed by atoms with Gasteiger partial charge in [-0.1, -0.05) is 24.9 Å². The maximum Gasteiger partial charge on any atom is 0.229 e. The molecule has 1 aliphatic rings.